The molecule has 1 unspecified atom stereocenters. The van der Waals surface area contributed by atoms with Gasteiger partial charge in [0.1, 0.15) is 5.69 Å². The van der Waals surface area contributed by atoms with Crippen molar-refractivity contribution in [2.75, 3.05) is 26.7 Å². The average Bonchev–Trinajstić information content (AvgIpc) is 2.85. The summed E-state index contributed by atoms with van der Waals surface area (Å²) in [7, 11) is 3.86. The van der Waals surface area contributed by atoms with Crippen molar-refractivity contribution in [2.45, 2.75) is 6.42 Å². The number of rotatable bonds is 3. The molecule has 17 heavy (non-hydrogen) atoms. The fraction of sp³-hybridized carbons (Fsp3) is 0.583. The zero-order chi connectivity index (χ0) is 12.4. The maximum Gasteiger partial charge on any atom is 0.270 e. The zero-order valence-corrected chi connectivity index (χ0v) is 11.8. The first kappa shape index (κ1) is 12.6. The molecule has 1 amide bonds. The first-order valence-electron chi connectivity index (χ1n) is 5.87. The van der Waals surface area contributed by atoms with Gasteiger partial charge < -0.3 is 14.8 Å². The van der Waals surface area contributed by atoms with E-state index in [4.69, 9.17) is 0 Å². The van der Waals surface area contributed by atoms with E-state index < -0.39 is 0 Å². The molecule has 0 saturated carbocycles. The monoisotopic (exact) mass is 299 g/mol. The van der Waals surface area contributed by atoms with Crippen LogP contribution in [0.15, 0.2) is 16.7 Å². The first-order chi connectivity index (χ1) is 8.11. The lowest BCUT2D eigenvalue weighted by Gasteiger charge is -2.16. The molecule has 1 aliphatic rings. The van der Waals surface area contributed by atoms with Gasteiger partial charge in [-0.3, -0.25) is 4.79 Å². The molecule has 1 atom stereocenters. The Morgan fingerprint density at radius 3 is 3.00 bits per heavy atom. The molecule has 0 aliphatic carbocycles. The summed E-state index contributed by atoms with van der Waals surface area (Å²) < 4.78 is 2.83. The second kappa shape index (κ2) is 5.23. The smallest absolute Gasteiger partial charge is 0.270 e. The molecule has 1 aromatic rings. The van der Waals surface area contributed by atoms with Crippen LogP contribution >= 0.6 is 15.9 Å². The third-order valence-electron chi connectivity index (χ3n) is 3.26. The van der Waals surface area contributed by atoms with E-state index in [1.807, 2.05) is 35.8 Å². The highest BCUT2D eigenvalue weighted by Crippen LogP contribution is 2.20. The van der Waals surface area contributed by atoms with E-state index in [0.717, 1.165) is 36.2 Å². The number of hydrogen-bond donors (Lipinski definition) is 1. The predicted molar refractivity (Wildman–Crippen MR) is 71.1 cm³/mol. The van der Waals surface area contributed by atoms with Crippen LogP contribution in [0.25, 0.3) is 0 Å². The molecular formula is C12H18BrN3O. The van der Waals surface area contributed by atoms with Gasteiger partial charge in [0.05, 0.1) is 0 Å². The van der Waals surface area contributed by atoms with Crippen LogP contribution in [0, 0.1) is 5.92 Å². The largest absolute Gasteiger partial charge is 0.345 e. The van der Waals surface area contributed by atoms with Crippen molar-refractivity contribution < 1.29 is 4.79 Å². The van der Waals surface area contributed by atoms with Gasteiger partial charge in [0.15, 0.2) is 0 Å². The van der Waals surface area contributed by atoms with E-state index in [0.29, 0.717) is 5.92 Å². The van der Waals surface area contributed by atoms with E-state index in [2.05, 4.69) is 21.2 Å². The SMILES string of the molecule is CNCC1CCN(C(=O)c2cc(Br)cn2C)C1. The number of hydrogen-bond acceptors (Lipinski definition) is 2. The van der Waals surface area contributed by atoms with Crippen LogP contribution in [0.5, 0.6) is 0 Å². The lowest BCUT2D eigenvalue weighted by molar-refractivity contribution is 0.0778. The maximum atomic E-state index is 12.3. The molecule has 0 radical (unpaired) electrons. The Kier molecular flexibility index (Phi) is 3.89. The number of carbonyl (C=O) groups is 1. The second-order valence-corrected chi connectivity index (χ2v) is 5.53. The lowest BCUT2D eigenvalue weighted by Crippen LogP contribution is -2.31. The van der Waals surface area contributed by atoms with Gasteiger partial charge in [0.25, 0.3) is 5.91 Å². The summed E-state index contributed by atoms with van der Waals surface area (Å²) in [6.45, 7) is 2.72. The van der Waals surface area contributed by atoms with Crippen molar-refractivity contribution in [3.8, 4) is 0 Å². The van der Waals surface area contributed by atoms with Gasteiger partial charge in [-0.2, -0.15) is 0 Å². The van der Waals surface area contributed by atoms with Gasteiger partial charge in [0.2, 0.25) is 0 Å². The van der Waals surface area contributed by atoms with Crippen molar-refractivity contribution in [1.29, 1.82) is 0 Å². The molecule has 94 valence electrons. The summed E-state index contributed by atoms with van der Waals surface area (Å²) in [5.74, 6) is 0.726. The van der Waals surface area contributed by atoms with Crippen LogP contribution in [0.4, 0.5) is 0 Å². The molecule has 1 fully saturated rings. The molecule has 2 heterocycles. The first-order valence-corrected chi connectivity index (χ1v) is 6.67. The number of aromatic nitrogens is 1. The van der Waals surface area contributed by atoms with Crippen LogP contribution in [-0.4, -0.2) is 42.1 Å². The number of aryl methyl sites for hydroxylation is 1. The van der Waals surface area contributed by atoms with Gasteiger partial charge in [0, 0.05) is 30.8 Å². The van der Waals surface area contributed by atoms with Crippen LogP contribution in [0.1, 0.15) is 16.9 Å². The predicted octanol–water partition coefficient (Wildman–Crippen LogP) is 1.47. The summed E-state index contributed by atoms with van der Waals surface area (Å²) in [5, 5.41) is 3.17. The second-order valence-electron chi connectivity index (χ2n) is 4.62. The quantitative estimate of drug-likeness (QED) is 0.918. The summed E-state index contributed by atoms with van der Waals surface area (Å²) >= 11 is 3.40. The Hall–Kier alpha value is -0.810. The van der Waals surface area contributed by atoms with Gasteiger partial charge in [-0.1, -0.05) is 0 Å². The third-order valence-corrected chi connectivity index (χ3v) is 3.69. The highest BCUT2D eigenvalue weighted by Gasteiger charge is 2.27. The molecular weight excluding hydrogens is 282 g/mol. The van der Waals surface area contributed by atoms with Crippen LogP contribution in [-0.2, 0) is 7.05 Å². The Morgan fingerprint density at radius 2 is 2.41 bits per heavy atom. The van der Waals surface area contributed by atoms with Gasteiger partial charge in [-0.15, -0.1) is 0 Å². The molecule has 0 spiro atoms. The Bertz CT molecular complexity index is 416. The molecule has 4 nitrogen and oxygen atoms in total. The minimum absolute atomic E-state index is 0.136. The Labute approximate surface area is 110 Å². The topological polar surface area (TPSA) is 37.3 Å². The number of nitrogens with zero attached hydrogens (tertiary/aromatic N) is 2. The minimum Gasteiger partial charge on any atom is -0.345 e. The summed E-state index contributed by atoms with van der Waals surface area (Å²) in [6, 6.07) is 1.88. The molecule has 1 saturated heterocycles. The highest BCUT2D eigenvalue weighted by molar-refractivity contribution is 9.10. The van der Waals surface area contributed by atoms with E-state index in [9.17, 15) is 4.79 Å². The lowest BCUT2D eigenvalue weighted by atomic mass is 10.1. The van der Waals surface area contributed by atoms with Crippen LogP contribution < -0.4 is 5.32 Å². The maximum absolute atomic E-state index is 12.3. The molecule has 1 aliphatic heterocycles. The van der Waals surface area contributed by atoms with E-state index in [1.165, 1.54) is 0 Å². The van der Waals surface area contributed by atoms with E-state index in [1.54, 1.807) is 0 Å². The number of likely N-dealkylation sites (tertiary alicyclic amines) is 1. The van der Waals surface area contributed by atoms with Crippen molar-refractivity contribution in [2.24, 2.45) is 13.0 Å². The van der Waals surface area contributed by atoms with E-state index >= 15 is 0 Å². The average molecular weight is 300 g/mol. The molecule has 1 N–H and O–H groups in total. The normalized spacial score (nSPS) is 19.9. The summed E-state index contributed by atoms with van der Waals surface area (Å²) in [4.78, 5) is 14.2. The molecule has 0 aromatic carbocycles. The van der Waals surface area contributed by atoms with Gasteiger partial charge in [-0.05, 0) is 47.9 Å². The minimum atomic E-state index is 0.136. The molecule has 5 heteroatoms. The van der Waals surface area contributed by atoms with Crippen molar-refractivity contribution in [3.63, 3.8) is 0 Å². The third kappa shape index (κ3) is 2.72. The van der Waals surface area contributed by atoms with Crippen molar-refractivity contribution >= 4 is 21.8 Å². The van der Waals surface area contributed by atoms with Crippen molar-refractivity contribution in [3.05, 3.63) is 22.4 Å². The molecule has 0 bridgehead atoms. The van der Waals surface area contributed by atoms with Crippen molar-refractivity contribution in [1.82, 2.24) is 14.8 Å². The summed E-state index contributed by atoms with van der Waals surface area (Å²) in [6.07, 6.45) is 3.01. The highest BCUT2D eigenvalue weighted by atomic mass is 79.9. The Morgan fingerprint density at radius 1 is 1.65 bits per heavy atom. The Balaban J connectivity index is 2.04. The number of carbonyl (C=O) groups excluding carboxylic acids is 1. The van der Waals surface area contributed by atoms with Gasteiger partial charge >= 0.3 is 0 Å². The molecule has 2 rings (SSSR count). The number of amides is 1. The molecule has 1 aromatic heterocycles. The van der Waals surface area contributed by atoms with Crippen LogP contribution in [0.3, 0.4) is 0 Å². The fourth-order valence-corrected chi connectivity index (χ4v) is 2.90. The number of halogens is 1. The van der Waals surface area contributed by atoms with E-state index in [-0.39, 0.29) is 5.91 Å². The standard InChI is InChI=1S/C12H18BrN3O/c1-14-6-9-3-4-16(7-9)12(17)11-5-10(13)8-15(11)2/h5,8-9,14H,3-4,6-7H2,1-2H3. The van der Waals surface area contributed by atoms with Crippen LogP contribution in [0.2, 0.25) is 0 Å². The van der Waals surface area contributed by atoms with Gasteiger partial charge in [-0.25, -0.2) is 0 Å². The number of nitrogens with one attached hydrogen (secondary N) is 1. The zero-order valence-electron chi connectivity index (χ0n) is 10.2. The fourth-order valence-electron chi connectivity index (χ4n) is 2.37. The summed E-state index contributed by atoms with van der Waals surface area (Å²) in [5.41, 5.74) is 0.752.